The van der Waals surface area contributed by atoms with Gasteiger partial charge in [0.05, 0.1) is 11.1 Å². The number of hydrogen-bond acceptors (Lipinski definition) is 3. The van der Waals surface area contributed by atoms with Crippen molar-refractivity contribution in [1.29, 1.82) is 0 Å². The highest BCUT2D eigenvalue weighted by Gasteiger charge is 2.15. The number of nitrogens with two attached hydrogens (primary N) is 1. The zero-order valence-corrected chi connectivity index (χ0v) is 8.53. The van der Waals surface area contributed by atoms with Crippen molar-refractivity contribution >= 4 is 16.9 Å². The first-order chi connectivity index (χ1) is 7.65. The third-order valence-electron chi connectivity index (χ3n) is 2.54. The summed E-state index contributed by atoms with van der Waals surface area (Å²) >= 11 is 0. The number of carboxylic acids is 1. The highest BCUT2D eigenvalue weighted by atomic mass is 16.4. The van der Waals surface area contributed by atoms with E-state index in [0.29, 0.717) is 23.9 Å². The Bertz CT molecular complexity index is 545. The van der Waals surface area contributed by atoms with Crippen molar-refractivity contribution in [2.45, 2.75) is 6.42 Å². The Hall–Kier alpha value is -2.01. The number of benzene rings is 1. The van der Waals surface area contributed by atoms with E-state index in [1.54, 1.807) is 6.20 Å². The lowest BCUT2D eigenvalue weighted by Gasteiger charge is -2.02. The number of hydrogen-bond donors (Lipinski definition) is 4. The molecule has 0 aliphatic carbocycles. The van der Waals surface area contributed by atoms with Crippen LogP contribution in [-0.4, -0.2) is 27.7 Å². The molecule has 1 heterocycles. The molecular weight excluding hydrogens is 208 g/mol. The van der Waals surface area contributed by atoms with E-state index in [0.717, 1.165) is 5.56 Å². The number of phenolic OH excluding ortho intramolecular Hbond substituents is 1. The zero-order valence-electron chi connectivity index (χ0n) is 8.53. The van der Waals surface area contributed by atoms with Gasteiger partial charge in [-0.25, -0.2) is 4.79 Å². The van der Waals surface area contributed by atoms with Gasteiger partial charge in [0.25, 0.3) is 0 Å². The summed E-state index contributed by atoms with van der Waals surface area (Å²) in [4.78, 5) is 13.8. The van der Waals surface area contributed by atoms with Gasteiger partial charge in [0.15, 0.2) is 0 Å². The number of aromatic nitrogens is 1. The fourth-order valence-corrected chi connectivity index (χ4v) is 1.83. The van der Waals surface area contributed by atoms with Crippen molar-refractivity contribution in [2.24, 2.45) is 5.73 Å². The van der Waals surface area contributed by atoms with Crippen LogP contribution in [0.4, 0.5) is 0 Å². The van der Waals surface area contributed by atoms with Crippen molar-refractivity contribution < 1.29 is 15.0 Å². The highest BCUT2D eigenvalue weighted by molar-refractivity contribution is 6.05. The smallest absolute Gasteiger partial charge is 0.337 e. The van der Waals surface area contributed by atoms with E-state index in [-0.39, 0.29) is 11.3 Å². The molecule has 0 atom stereocenters. The Morgan fingerprint density at radius 1 is 1.44 bits per heavy atom. The molecule has 0 saturated heterocycles. The molecule has 0 spiro atoms. The minimum absolute atomic E-state index is 0.0738. The minimum atomic E-state index is -1.02. The molecule has 0 bridgehead atoms. The molecule has 0 saturated carbocycles. The number of H-pyrrole nitrogens is 1. The second kappa shape index (κ2) is 3.86. The molecule has 0 radical (unpaired) electrons. The minimum Gasteiger partial charge on any atom is -0.507 e. The Balaban J connectivity index is 2.73. The molecular formula is C11H12N2O3. The van der Waals surface area contributed by atoms with Gasteiger partial charge in [-0.15, -0.1) is 0 Å². The predicted octanol–water partition coefficient (Wildman–Crippen LogP) is 1.07. The maximum Gasteiger partial charge on any atom is 0.337 e. The molecule has 5 nitrogen and oxygen atoms in total. The van der Waals surface area contributed by atoms with Crippen LogP contribution in [0.15, 0.2) is 18.3 Å². The Kier molecular flexibility index (Phi) is 2.54. The molecule has 0 aliphatic heterocycles. The maximum atomic E-state index is 11.0. The van der Waals surface area contributed by atoms with Crippen molar-refractivity contribution in [1.82, 2.24) is 4.98 Å². The number of aromatic amines is 1. The average Bonchev–Trinajstić information content (AvgIpc) is 2.63. The standard InChI is InChI=1S/C11H12N2O3/c12-4-3-6-5-13-10-7(11(15)16)1-2-8(14)9(6)10/h1-2,5,13-14H,3-4,12H2,(H,15,16). The van der Waals surface area contributed by atoms with Crippen molar-refractivity contribution in [3.8, 4) is 5.75 Å². The van der Waals surface area contributed by atoms with Crippen LogP contribution in [0.3, 0.4) is 0 Å². The molecule has 2 rings (SSSR count). The first kappa shape index (κ1) is 10.5. The fraction of sp³-hybridized carbons (Fsp3) is 0.182. The molecule has 5 N–H and O–H groups in total. The molecule has 0 amide bonds. The normalized spacial score (nSPS) is 10.8. The third-order valence-corrected chi connectivity index (χ3v) is 2.54. The predicted molar refractivity (Wildman–Crippen MR) is 59.7 cm³/mol. The Morgan fingerprint density at radius 2 is 2.19 bits per heavy atom. The molecule has 2 aromatic rings. The van der Waals surface area contributed by atoms with Crippen LogP contribution in [0.2, 0.25) is 0 Å². The van der Waals surface area contributed by atoms with Gasteiger partial charge in [-0.3, -0.25) is 0 Å². The van der Waals surface area contributed by atoms with Crippen molar-refractivity contribution in [3.05, 3.63) is 29.5 Å². The number of carbonyl (C=O) groups is 1. The lowest BCUT2D eigenvalue weighted by Crippen LogP contribution is -2.02. The summed E-state index contributed by atoms with van der Waals surface area (Å²) in [5.74, 6) is -0.948. The van der Waals surface area contributed by atoms with Crippen LogP contribution in [0.25, 0.3) is 10.9 Å². The third kappa shape index (κ3) is 1.51. The van der Waals surface area contributed by atoms with Crippen LogP contribution in [0.1, 0.15) is 15.9 Å². The number of aromatic hydroxyl groups is 1. The van der Waals surface area contributed by atoms with Gasteiger partial charge >= 0.3 is 5.97 Å². The number of nitrogens with one attached hydrogen (secondary N) is 1. The fourth-order valence-electron chi connectivity index (χ4n) is 1.83. The second-order valence-electron chi connectivity index (χ2n) is 3.54. The van der Waals surface area contributed by atoms with Crippen LogP contribution in [0, 0.1) is 0 Å². The summed E-state index contributed by atoms with van der Waals surface area (Å²) in [5, 5.41) is 19.3. The summed E-state index contributed by atoms with van der Waals surface area (Å²) in [6.45, 7) is 0.448. The zero-order chi connectivity index (χ0) is 11.7. The summed E-state index contributed by atoms with van der Waals surface area (Å²) in [6.07, 6.45) is 2.28. The number of carboxylic acid groups (broad SMARTS) is 1. The lowest BCUT2D eigenvalue weighted by atomic mass is 10.1. The quantitative estimate of drug-likeness (QED) is 0.621. The van der Waals surface area contributed by atoms with Gasteiger partial charge in [0.1, 0.15) is 5.75 Å². The largest absolute Gasteiger partial charge is 0.507 e. The topological polar surface area (TPSA) is 99.3 Å². The number of phenols is 1. The highest BCUT2D eigenvalue weighted by Crippen LogP contribution is 2.30. The lowest BCUT2D eigenvalue weighted by molar-refractivity contribution is 0.0699. The molecule has 84 valence electrons. The van der Waals surface area contributed by atoms with Gasteiger partial charge in [0.2, 0.25) is 0 Å². The number of fused-ring (bicyclic) bond motifs is 1. The van der Waals surface area contributed by atoms with Crippen molar-refractivity contribution in [2.75, 3.05) is 6.54 Å². The van der Waals surface area contributed by atoms with Gasteiger partial charge in [-0.05, 0) is 30.7 Å². The Labute approximate surface area is 91.5 Å². The molecule has 1 aromatic heterocycles. The van der Waals surface area contributed by atoms with E-state index in [1.165, 1.54) is 12.1 Å². The number of aromatic carboxylic acids is 1. The first-order valence-electron chi connectivity index (χ1n) is 4.90. The summed E-state index contributed by atoms with van der Waals surface area (Å²) in [6, 6.07) is 2.77. The van der Waals surface area contributed by atoms with E-state index in [1.807, 2.05) is 0 Å². The second-order valence-corrected chi connectivity index (χ2v) is 3.54. The van der Waals surface area contributed by atoms with Crippen LogP contribution >= 0.6 is 0 Å². The van der Waals surface area contributed by atoms with E-state index >= 15 is 0 Å². The van der Waals surface area contributed by atoms with E-state index in [9.17, 15) is 9.90 Å². The summed E-state index contributed by atoms with van der Waals surface area (Å²) < 4.78 is 0. The van der Waals surface area contributed by atoms with Gasteiger partial charge in [-0.2, -0.15) is 0 Å². The van der Waals surface area contributed by atoms with Gasteiger partial charge < -0.3 is 20.9 Å². The van der Waals surface area contributed by atoms with Crippen LogP contribution < -0.4 is 5.73 Å². The SMILES string of the molecule is NCCc1c[nH]c2c(C(=O)O)ccc(O)c12. The van der Waals surface area contributed by atoms with Gasteiger partial charge in [-0.1, -0.05) is 0 Å². The van der Waals surface area contributed by atoms with E-state index < -0.39 is 5.97 Å². The van der Waals surface area contributed by atoms with Crippen molar-refractivity contribution in [3.63, 3.8) is 0 Å². The molecule has 0 unspecified atom stereocenters. The van der Waals surface area contributed by atoms with E-state index in [2.05, 4.69) is 4.98 Å². The number of rotatable bonds is 3. The molecule has 0 fully saturated rings. The van der Waals surface area contributed by atoms with Gasteiger partial charge in [0, 0.05) is 11.6 Å². The van der Waals surface area contributed by atoms with E-state index in [4.69, 9.17) is 10.8 Å². The molecule has 5 heteroatoms. The molecule has 0 aliphatic rings. The van der Waals surface area contributed by atoms with Crippen LogP contribution in [-0.2, 0) is 6.42 Å². The Morgan fingerprint density at radius 3 is 2.81 bits per heavy atom. The summed E-state index contributed by atoms with van der Waals surface area (Å²) in [7, 11) is 0. The maximum absolute atomic E-state index is 11.0. The molecule has 16 heavy (non-hydrogen) atoms. The molecule has 1 aromatic carbocycles. The van der Waals surface area contributed by atoms with Crippen LogP contribution in [0.5, 0.6) is 5.75 Å². The average molecular weight is 220 g/mol. The first-order valence-corrected chi connectivity index (χ1v) is 4.90. The monoisotopic (exact) mass is 220 g/mol. The summed E-state index contributed by atoms with van der Waals surface area (Å²) in [5.41, 5.74) is 6.87.